The van der Waals surface area contributed by atoms with Crippen molar-refractivity contribution >= 4 is 23.4 Å². The lowest BCUT2D eigenvalue weighted by Crippen LogP contribution is -2.49. The van der Waals surface area contributed by atoms with Gasteiger partial charge in [0.15, 0.2) is 5.60 Å². The number of anilines is 1. The first-order chi connectivity index (χ1) is 14.3. The monoisotopic (exact) mass is 457 g/mol. The predicted octanol–water partition coefficient (Wildman–Crippen LogP) is 1.90. The maximum absolute atomic E-state index is 12.2. The Morgan fingerprint density at radius 3 is 2.48 bits per heavy atom. The Balaban J connectivity index is 0.000000423. The number of nitrogens with one attached hydrogen (secondary N) is 1. The van der Waals surface area contributed by atoms with Crippen molar-refractivity contribution in [2.75, 3.05) is 24.5 Å². The van der Waals surface area contributed by atoms with Crippen molar-refractivity contribution in [3.8, 4) is 0 Å². The van der Waals surface area contributed by atoms with E-state index >= 15 is 0 Å². The molecule has 0 aromatic carbocycles. The van der Waals surface area contributed by atoms with Crippen molar-refractivity contribution in [1.29, 1.82) is 0 Å². The normalized spacial score (nSPS) is 21.0. The molecular weight excluding hydrogens is 440 g/mol. The first-order valence-corrected chi connectivity index (χ1v) is 8.72. The van der Waals surface area contributed by atoms with Gasteiger partial charge in [-0.3, -0.25) is 4.79 Å². The van der Waals surface area contributed by atoms with Gasteiger partial charge < -0.3 is 20.2 Å². The molecule has 0 bridgehead atoms. The molecule has 1 amide bonds. The molecule has 15 heteroatoms. The molecule has 1 spiro atoms. The number of halogens is 6. The molecule has 2 aliphatic heterocycles. The van der Waals surface area contributed by atoms with Crippen molar-refractivity contribution in [3.63, 3.8) is 0 Å². The topological polar surface area (TPSA) is 117 Å². The third kappa shape index (κ3) is 7.25. The van der Waals surface area contributed by atoms with Crippen LogP contribution >= 0.6 is 0 Å². The number of amides is 1. The molecule has 2 N–H and O–H groups in total. The number of carboxylic acid groups (broad SMARTS) is 1. The first-order valence-electron chi connectivity index (χ1n) is 8.72. The fraction of sp³-hybridized carbons (Fsp3) is 0.562. The molecule has 2 aliphatic rings. The van der Waals surface area contributed by atoms with E-state index in [4.69, 9.17) is 14.7 Å². The van der Waals surface area contributed by atoms with Crippen LogP contribution in [0, 0.1) is 0 Å². The number of hydrogen-bond acceptors (Lipinski definition) is 7. The van der Waals surface area contributed by atoms with Crippen molar-refractivity contribution < 1.29 is 45.9 Å². The number of piperidine rings is 1. The van der Waals surface area contributed by atoms with E-state index in [0.717, 1.165) is 18.8 Å². The number of aliphatic carboxylic acids is 1. The highest BCUT2D eigenvalue weighted by molar-refractivity contribution is 6.39. The van der Waals surface area contributed by atoms with Gasteiger partial charge in [0.25, 0.3) is 5.91 Å². The second-order valence-electron chi connectivity index (χ2n) is 6.68. The van der Waals surface area contributed by atoms with E-state index in [1.807, 2.05) is 10.2 Å². The van der Waals surface area contributed by atoms with Gasteiger partial charge in [0.05, 0.1) is 6.54 Å². The molecule has 1 aromatic rings. The molecule has 1 aromatic heterocycles. The zero-order valence-corrected chi connectivity index (χ0v) is 15.7. The quantitative estimate of drug-likeness (QED) is 0.666. The van der Waals surface area contributed by atoms with Gasteiger partial charge >= 0.3 is 18.3 Å². The Morgan fingerprint density at radius 2 is 1.94 bits per heavy atom. The summed E-state index contributed by atoms with van der Waals surface area (Å²) in [7, 11) is 0. The minimum absolute atomic E-state index is 0.0104. The van der Waals surface area contributed by atoms with E-state index in [-0.39, 0.29) is 12.1 Å². The van der Waals surface area contributed by atoms with Crippen LogP contribution in [0.25, 0.3) is 0 Å². The van der Waals surface area contributed by atoms with Crippen LogP contribution < -0.4 is 10.2 Å². The van der Waals surface area contributed by atoms with Gasteiger partial charge in [-0.15, -0.1) is 0 Å². The summed E-state index contributed by atoms with van der Waals surface area (Å²) in [5, 5.41) is 12.7. The van der Waals surface area contributed by atoms with Crippen molar-refractivity contribution in [2.24, 2.45) is 5.16 Å². The minimum atomic E-state index is -5.08. The zero-order chi connectivity index (χ0) is 23.3. The molecule has 1 saturated heterocycles. The summed E-state index contributed by atoms with van der Waals surface area (Å²) in [5.74, 6) is -2.86. The van der Waals surface area contributed by atoms with E-state index in [0.29, 0.717) is 13.0 Å². The van der Waals surface area contributed by atoms with Gasteiger partial charge in [0.2, 0.25) is 0 Å². The van der Waals surface area contributed by atoms with Crippen molar-refractivity contribution in [3.05, 3.63) is 18.6 Å². The second kappa shape index (κ2) is 9.34. The Bertz CT molecular complexity index is 817. The fourth-order valence-corrected chi connectivity index (χ4v) is 2.91. The molecule has 1 fully saturated rings. The molecule has 9 nitrogen and oxygen atoms in total. The number of alkyl halides is 6. The summed E-state index contributed by atoms with van der Waals surface area (Å²) in [6, 6.07) is 1.77. The molecule has 0 aliphatic carbocycles. The van der Waals surface area contributed by atoms with Crippen molar-refractivity contribution in [2.45, 2.75) is 37.2 Å². The number of carbonyl (C=O) groups excluding carboxylic acids is 1. The van der Waals surface area contributed by atoms with E-state index in [9.17, 15) is 31.1 Å². The van der Waals surface area contributed by atoms with Crippen LogP contribution in [0.3, 0.4) is 0 Å². The molecular formula is C16H17F6N5O4. The van der Waals surface area contributed by atoms with E-state index in [1.54, 1.807) is 12.3 Å². The molecule has 31 heavy (non-hydrogen) atoms. The highest BCUT2D eigenvalue weighted by Gasteiger charge is 2.45. The Labute approximate surface area is 171 Å². The first kappa shape index (κ1) is 24.1. The van der Waals surface area contributed by atoms with E-state index in [2.05, 4.69) is 15.1 Å². The van der Waals surface area contributed by atoms with Crippen LogP contribution in [-0.2, 0) is 14.4 Å². The summed E-state index contributed by atoms with van der Waals surface area (Å²) in [4.78, 5) is 36.2. The average molecular weight is 457 g/mol. The molecule has 3 rings (SSSR count). The number of nitrogens with zero attached hydrogens (tertiary/aromatic N) is 4. The molecule has 3 heterocycles. The van der Waals surface area contributed by atoms with Gasteiger partial charge in [-0.05, 0) is 18.9 Å². The van der Waals surface area contributed by atoms with Gasteiger partial charge in [0.1, 0.15) is 24.4 Å². The highest BCUT2D eigenvalue weighted by atomic mass is 19.4. The maximum Gasteiger partial charge on any atom is 0.490 e. The lowest BCUT2D eigenvalue weighted by atomic mass is 9.88. The summed E-state index contributed by atoms with van der Waals surface area (Å²) in [6.45, 7) is -0.147. The molecule has 0 saturated carbocycles. The smallest absolute Gasteiger partial charge is 0.475 e. The van der Waals surface area contributed by atoms with Gasteiger partial charge in [-0.2, -0.15) is 26.3 Å². The standard InChI is InChI=1S/C14H16F3N5O2.C2HF3O2/c15-14(16,17)7-19-12(23)10-6-13(24-21-10)3-1-5-22(8-13)11-2-4-18-9-20-11;3-2(4,5)1(6)7/h2,4,9H,1,3,5-8H2,(H,19,23);(H,6,7). The molecule has 172 valence electrons. The van der Waals surface area contributed by atoms with E-state index in [1.165, 1.54) is 6.33 Å². The third-order valence-electron chi connectivity index (χ3n) is 4.22. The third-order valence-corrected chi connectivity index (χ3v) is 4.22. The lowest BCUT2D eigenvalue weighted by molar-refractivity contribution is -0.192. The van der Waals surface area contributed by atoms with Crippen LogP contribution in [0.4, 0.5) is 32.2 Å². The summed E-state index contributed by atoms with van der Waals surface area (Å²) in [5.41, 5.74) is -0.711. The summed E-state index contributed by atoms with van der Waals surface area (Å²) < 4.78 is 68.3. The lowest BCUT2D eigenvalue weighted by Gasteiger charge is -2.38. The van der Waals surface area contributed by atoms with Crippen LogP contribution in [0.2, 0.25) is 0 Å². The average Bonchev–Trinajstić information content (AvgIpc) is 3.09. The van der Waals surface area contributed by atoms with E-state index < -0.39 is 36.4 Å². The zero-order valence-electron chi connectivity index (χ0n) is 15.7. The second-order valence-corrected chi connectivity index (χ2v) is 6.68. The Morgan fingerprint density at radius 1 is 1.26 bits per heavy atom. The largest absolute Gasteiger partial charge is 0.490 e. The number of oxime groups is 1. The number of aromatic nitrogens is 2. The molecule has 1 atom stereocenters. The van der Waals surface area contributed by atoms with Crippen molar-refractivity contribution in [1.82, 2.24) is 15.3 Å². The SMILES string of the molecule is O=C(NCC(F)(F)F)C1=NOC2(CCCN(c3ccncn3)C2)C1.O=C(O)C(F)(F)F. The van der Waals surface area contributed by atoms with Crippen LogP contribution in [0.15, 0.2) is 23.7 Å². The minimum Gasteiger partial charge on any atom is -0.475 e. The van der Waals surface area contributed by atoms with Gasteiger partial charge in [0, 0.05) is 19.2 Å². The number of rotatable bonds is 3. The van der Waals surface area contributed by atoms with Gasteiger partial charge in [-0.1, -0.05) is 5.16 Å². The number of carbonyl (C=O) groups is 2. The molecule has 0 radical (unpaired) electrons. The maximum atomic E-state index is 12.2. The number of carboxylic acids is 1. The van der Waals surface area contributed by atoms with Gasteiger partial charge in [-0.25, -0.2) is 14.8 Å². The highest BCUT2D eigenvalue weighted by Crippen LogP contribution is 2.34. The summed E-state index contributed by atoms with van der Waals surface area (Å²) in [6.07, 6.45) is -4.81. The van der Waals surface area contributed by atoms with Crippen LogP contribution in [0.1, 0.15) is 19.3 Å². The predicted molar refractivity (Wildman–Crippen MR) is 92.1 cm³/mol. The Kier molecular flexibility index (Phi) is 7.28. The summed E-state index contributed by atoms with van der Waals surface area (Å²) >= 11 is 0. The Hall–Kier alpha value is -3.13. The van der Waals surface area contributed by atoms with Crippen LogP contribution in [-0.4, -0.2) is 70.3 Å². The fourth-order valence-electron chi connectivity index (χ4n) is 2.91. The molecule has 1 unspecified atom stereocenters. The number of hydrogen-bond donors (Lipinski definition) is 2. The van der Waals surface area contributed by atoms with Crippen LogP contribution in [0.5, 0.6) is 0 Å².